The fraction of sp³-hybridized carbons (Fsp3) is 0.423. The molecule has 2 aromatic rings. The van der Waals surface area contributed by atoms with Gasteiger partial charge in [-0.1, -0.05) is 48.5 Å². The van der Waals surface area contributed by atoms with E-state index in [0.29, 0.717) is 13.0 Å². The summed E-state index contributed by atoms with van der Waals surface area (Å²) in [4.78, 5) is 36.2. The molecule has 3 N–H and O–H groups in total. The van der Waals surface area contributed by atoms with Crippen LogP contribution in [0.4, 0.5) is 4.79 Å². The Morgan fingerprint density at radius 2 is 1.68 bits per heavy atom. The standard InChI is InChI=1S/C26H30N2O6/c1-26(2,13-22(29)27-14-16-11-12-33-23(16)24(30)31)28-25(32)34-15-21-19-9-5-3-7-17(19)18-8-4-6-10-20(18)21/h3-10,16,21,23H,11-15H2,1-2H3,(H,27,29)(H,28,32)(H,30,31)/t16-,23-/m1/s1. The molecule has 1 aliphatic heterocycles. The highest BCUT2D eigenvalue weighted by Crippen LogP contribution is 2.44. The molecule has 0 radical (unpaired) electrons. The summed E-state index contributed by atoms with van der Waals surface area (Å²) in [5, 5.41) is 14.7. The zero-order chi connectivity index (χ0) is 24.3. The van der Waals surface area contributed by atoms with Crippen molar-refractivity contribution in [2.75, 3.05) is 19.8 Å². The van der Waals surface area contributed by atoms with Crippen molar-refractivity contribution in [2.45, 2.75) is 44.2 Å². The van der Waals surface area contributed by atoms with Crippen LogP contribution in [0.15, 0.2) is 48.5 Å². The Balaban J connectivity index is 1.28. The zero-order valence-corrected chi connectivity index (χ0v) is 19.4. The van der Waals surface area contributed by atoms with E-state index in [1.54, 1.807) is 13.8 Å². The van der Waals surface area contributed by atoms with Crippen molar-refractivity contribution in [1.82, 2.24) is 10.6 Å². The molecule has 1 aliphatic carbocycles. The average Bonchev–Trinajstić information content (AvgIpc) is 3.38. The molecule has 1 saturated heterocycles. The lowest BCUT2D eigenvalue weighted by Gasteiger charge is -2.26. The number of benzene rings is 2. The van der Waals surface area contributed by atoms with Crippen LogP contribution in [-0.4, -0.2) is 54.5 Å². The van der Waals surface area contributed by atoms with Crippen molar-refractivity contribution in [3.05, 3.63) is 59.7 Å². The molecule has 4 rings (SSSR count). The second-order valence-corrected chi connectivity index (χ2v) is 9.49. The molecule has 1 heterocycles. The lowest BCUT2D eigenvalue weighted by atomic mass is 9.98. The number of carbonyl (C=O) groups excluding carboxylic acids is 2. The molecular weight excluding hydrogens is 436 g/mol. The number of alkyl carbamates (subject to hydrolysis) is 1. The number of hydrogen-bond donors (Lipinski definition) is 3. The monoisotopic (exact) mass is 466 g/mol. The molecule has 2 amide bonds. The minimum absolute atomic E-state index is 0.0303. The number of fused-ring (bicyclic) bond motifs is 3. The molecule has 0 saturated carbocycles. The van der Waals surface area contributed by atoms with Gasteiger partial charge in [0.2, 0.25) is 5.91 Å². The van der Waals surface area contributed by atoms with Gasteiger partial charge in [0, 0.05) is 36.9 Å². The van der Waals surface area contributed by atoms with Crippen LogP contribution in [0.3, 0.4) is 0 Å². The summed E-state index contributed by atoms with van der Waals surface area (Å²) < 4.78 is 10.8. The highest BCUT2D eigenvalue weighted by atomic mass is 16.5. The summed E-state index contributed by atoms with van der Waals surface area (Å²) in [5.41, 5.74) is 3.73. The second-order valence-electron chi connectivity index (χ2n) is 9.49. The van der Waals surface area contributed by atoms with Crippen LogP contribution in [0, 0.1) is 5.92 Å². The summed E-state index contributed by atoms with van der Waals surface area (Å²) in [6.07, 6.45) is -0.872. The van der Waals surface area contributed by atoms with Gasteiger partial charge in [-0.3, -0.25) is 4.79 Å². The minimum atomic E-state index is -1.02. The normalized spacial score (nSPS) is 19.2. The van der Waals surface area contributed by atoms with E-state index in [1.807, 2.05) is 24.3 Å². The molecule has 0 unspecified atom stereocenters. The van der Waals surface area contributed by atoms with E-state index in [4.69, 9.17) is 9.47 Å². The molecule has 8 heteroatoms. The third-order valence-corrected chi connectivity index (χ3v) is 6.41. The van der Waals surface area contributed by atoms with Gasteiger partial charge in [-0.25, -0.2) is 9.59 Å². The number of carbonyl (C=O) groups is 3. The van der Waals surface area contributed by atoms with Crippen molar-refractivity contribution < 1.29 is 29.0 Å². The summed E-state index contributed by atoms with van der Waals surface area (Å²) in [6.45, 7) is 4.27. The van der Waals surface area contributed by atoms with Crippen molar-refractivity contribution >= 4 is 18.0 Å². The zero-order valence-electron chi connectivity index (χ0n) is 19.4. The molecule has 0 spiro atoms. The molecule has 8 nitrogen and oxygen atoms in total. The third kappa shape index (κ3) is 5.22. The number of amides is 2. The first-order valence-electron chi connectivity index (χ1n) is 11.5. The predicted octanol–water partition coefficient (Wildman–Crippen LogP) is 3.30. The Morgan fingerprint density at radius 3 is 2.29 bits per heavy atom. The van der Waals surface area contributed by atoms with E-state index in [-0.39, 0.29) is 37.3 Å². The smallest absolute Gasteiger partial charge is 0.407 e. The van der Waals surface area contributed by atoms with Crippen LogP contribution in [0.1, 0.15) is 43.7 Å². The summed E-state index contributed by atoms with van der Waals surface area (Å²) in [6, 6.07) is 16.2. The van der Waals surface area contributed by atoms with Gasteiger partial charge in [-0.15, -0.1) is 0 Å². The number of aliphatic carboxylic acids is 1. The second kappa shape index (κ2) is 9.85. The summed E-state index contributed by atoms with van der Waals surface area (Å²) >= 11 is 0. The fourth-order valence-electron chi connectivity index (χ4n) is 4.78. The van der Waals surface area contributed by atoms with Gasteiger partial charge in [0.05, 0.1) is 0 Å². The Hall–Kier alpha value is -3.39. The molecule has 0 aromatic heterocycles. The Labute approximate surface area is 198 Å². The lowest BCUT2D eigenvalue weighted by Crippen LogP contribution is -2.48. The molecule has 2 aromatic carbocycles. The Morgan fingerprint density at radius 1 is 1.06 bits per heavy atom. The first-order chi connectivity index (χ1) is 16.2. The van der Waals surface area contributed by atoms with E-state index in [9.17, 15) is 19.5 Å². The maximum Gasteiger partial charge on any atom is 0.407 e. The van der Waals surface area contributed by atoms with Crippen molar-refractivity contribution in [3.63, 3.8) is 0 Å². The first kappa shape index (κ1) is 23.8. The van der Waals surface area contributed by atoms with Gasteiger partial charge in [0.25, 0.3) is 0 Å². The third-order valence-electron chi connectivity index (χ3n) is 6.41. The SMILES string of the molecule is CC(C)(CC(=O)NC[C@H]1CCO[C@H]1C(=O)O)NC(=O)OCC1c2ccccc2-c2ccccc21. The number of carboxylic acid groups (broad SMARTS) is 1. The van der Waals surface area contributed by atoms with Gasteiger partial charge in [-0.2, -0.15) is 0 Å². The van der Waals surface area contributed by atoms with Gasteiger partial charge in [0.1, 0.15) is 6.61 Å². The molecule has 2 aliphatic rings. The highest BCUT2D eigenvalue weighted by molar-refractivity contribution is 5.80. The van der Waals surface area contributed by atoms with Crippen LogP contribution in [0.2, 0.25) is 0 Å². The number of ether oxygens (including phenoxy) is 2. The fourth-order valence-corrected chi connectivity index (χ4v) is 4.78. The number of carboxylic acids is 1. The van der Waals surface area contributed by atoms with Crippen LogP contribution in [0.5, 0.6) is 0 Å². The van der Waals surface area contributed by atoms with Crippen molar-refractivity contribution in [2.24, 2.45) is 5.92 Å². The van der Waals surface area contributed by atoms with Crippen LogP contribution in [0.25, 0.3) is 11.1 Å². The Bertz CT molecular complexity index is 1040. The van der Waals surface area contributed by atoms with E-state index < -0.39 is 23.7 Å². The van der Waals surface area contributed by atoms with E-state index in [2.05, 4.69) is 34.9 Å². The molecule has 180 valence electrons. The number of rotatable bonds is 8. The molecule has 2 atom stereocenters. The van der Waals surface area contributed by atoms with Gasteiger partial charge in [-0.05, 0) is 42.5 Å². The number of nitrogens with one attached hydrogen (secondary N) is 2. The topological polar surface area (TPSA) is 114 Å². The van der Waals surface area contributed by atoms with Crippen molar-refractivity contribution in [3.8, 4) is 11.1 Å². The first-order valence-corrected chi connectivity index (χ1v) is 11.5. The summed E-state index contributed by atoms with van der Waals surface area (Å²) in [7, 11) is 0. The maximum absolute atomic E-state index is 12.6. The van der Waals surface area contributed by atoms with Crippen LogP contribution < -0.4 is 10.6 Å². The molecule has 0 bridgehead atoms. The molecule has 1 fully saturated rings. The largest absolute Gasteiger partial charge is 0.479 e. The van der Waals surface area contributed by atoms with E-state index >= 15 is 0 Å². The number of hydrogen-bond acceptors (Lipinski definition) is 5. The van der Waals surface area contributed by atoms with Crippen molar-refractivity contribution in [1.29, 1.82) is 0 Å². The van der Waals surface area contributed by atoms with Gasteiger partial charge < -0.3 is 25.2 Å². The molecular formula is C26H30N2O6. The van der Waals surface area contributed by atoms with E-state index in [1.165, 1.54) is 0 Å². The van der Waals surface area contributed by atoms with Gasteiger partial charge in [0.15, 0.2) is 6.10 Å². The lowest BCUT2D eigenvalue weighted by molar-refractivity contribution is -0.149. The Kier molecular flexibility index (Phi) is 6.88. The molecule has 34 heavy (non-hydrogen) atoms. The van der Waals surface area contributed by atoms with Crippen LogP contribution in [-0.2, 0) is 19.1 Å². The minimum Gasteiger partial charge on any atom is -0.479 e. The summed E-state index contributed by atoms with van der Waals surface area (Å²) in [5.74, 6) is -1.60. The highest BCUT2D eigenvalue weighted by Gasteiger charge is 2.35. The predicted molar refractivity (Wildman–Crippen MR) is 125 cm³/mol. The van der Waals surface area contributed by atoms with Crippen LogP contribution >= 0.6 is 0 Å². The van der Waals surface area contributed by atoms with E-state index in [0.717, 1.165) is 22.3 Å². The average molecular weight is 467 g/mol. The maximum atomic E-state index is 12.6. The quantitative estimate of drug-likeness (QED) is 0.550. The van der Waals surface area contributed by atoms with Gasteiger partial charge >= 0.3 is 12.1 Å².